The SMILES string of the molecule is COC(=O)N1CCCCC1CCCO. The van der Waals surface area contributed by atoms with E-state index < -0.39 is 0 Å². The van der Waals surface area contributed by atoms with E-state index in [0.29, 0.717) is 0 Å². The van der Waals surface area contributed by atoms with E-state index in [0.717, 1.165) is 32.2 Å². The van der Waals surface area contributed by atoms with Crippen LogP contribution in [0.4, 0.5) is 4.79 Å². The van der Waals surface area contributed by atoms with Crippen molar-refractivity contribution >= 4 is 6.09 Å². The number of hydrogen-bond acceptors (Lipinski definition) is 3. The number of methoxy groups -OCH3 is 1. The van der Waals surface area contributed by atoms with Crippen LogP contribution < -0.4 is 0 Å². The van der Waals surface area contributed by atoms with Gasteiger partial charge in [-0.3, -0.25) is 0 Å². The number of carbonyl (C=O) groups excluding carboxylic acids is 1. The van der Waals surface area contributed by atoms with Crippen LogP contribution in [-0.2, 0) is 4.74 Å². The van der Waals surface area contributed by atoms with E-state index in [1.807, 2.05) is 0 Å². The molecule has 1 fully saturated rings. The van der Waals surface area contributed by atoms with Crippen LogP contribution in [0.25, 0.3) is 0 Å². The van der Waals surface area contributed by atoms with E-state index in [9.17, 15) is 4.79 Å². The second-order valence-corrected chi connectivity index (χ2v) is 3.68. The van der Waals surface area contributed by atoms with Gasteiger partial charge in [-0.2, -0.15) is 0 Å². The van der Waals surface area contributed by atoms with Crippen LogP contribution in [-0.4, -0.2) is 42.4 Å². The minimum atomic E-state index is -0.229. The standard InChI is InChI=1S/C10H19NO3/c1-14-10(13)11-7-3-2-5-9(11)6-4-8-12/h9,12H,2-8H2,1H3. The molecule has 82 valence electrons. The van der Waals surface area contributed by atoms with Gasteiger partial charge in [-0.15, -0.1) is 0 Å². The van der Waals surface area contributed by atoms with Crippen molar-refractivity contribution in [3.63, 3.8) is 0 Å². The molecule has 4 nitrogen and oxygen atoms in total. The van der Waals surface area contributed by atoms with E-state index in [1.54, 1.807) is 4.90 Å². The van der Waals surface area contributed by atoms with Crippen molar-refractivity contribution in [2.75, 3.05) is 20.3 Å². The Balaban J connectivity index is 2.45. The molecule has 1 aliphatic rings. The summed E-state index contributed by atoms with van der Waals surface area (Å²) < 4.78 is 4.72. The van der Waals surface area contributed by atoms with Crippen LogP contribution >= 0.6 is 0 Å². The maximum absolute atomic E-state index is 11.4. The lowest BCUT2D eigenvalue weighted by Gasteiger charge is -2.34. The van der Waals surface area contributed by atoms with E-state index in [-0.39, 0.29) is 18.7 Å². The second kappa shape index (κ2) is 5.86. The van der Waals surface area contributed by atoms with Crippen LogP contribution in [0.2, 0.25) is 0 Å². The highest BCUT2D eigenvalue weighted by Gasteiger charge is 2.26. The monoisotopic (exact) mass is 201 g/mol. The number of amides is 1. The Morgan fingerprint density at radius 1 is 1.57 bits per heavy atom. The average molecular weight is 201 g/mol. The van der Waals surface area contributed by atoms with Crippen LogP contribution in [0.3, 0.4) is 0 Å². The lowest BCUT2D eigenvalue weighted by Crippen LogP contribution is -2.43. The van der Waals surface area contributed by atoms with Crippen LogP contribution in [0.1, 0.15) is 32.1 Å². The fourth-order valence-corrected chi connectivity index (χ4v) is 1.99. The molecule has 0 spiro atoms. The molecule has 1 aliphatic heterocycles. The summed E-state index contributed by atoms with van der Waals surface area (Å²) in [6.45, 7) is 0.994. The van der Waals surface area contributed by atoms with Gasteiger partial charge in [0.15, 0.2) is 0 Å². The largest absolute Gasteiger partial charge is 0.453 e. The molecule has 0 radical (unpaired) electrons. The van der Waals surface area contributed by atoms with Crippen molar-refractivity contribution in [3.05, 3.63) is 0 Å². The maximum atomic E-state index is 11.4. The van der Waals surface area contributed by atoms with Gasteiger partial charge in [0, 0.05) is 19.2 Å². The fourth-order valence-electron chi connectivity index (χ4n) is 1.99. The number of aliphatic hydroxyl groups is 1. The number of carbonyl (C=O) groups is 1. The maximum Gasteiger partial charge on any atom is 0.409 e. The number of rotatable bonds is 3. The highest BCUT2D eigenvalue weighted by atomic mass is 16.5. The summed E-state index contributed by atoms with van der Waals surface area (Å²) in [5, 5.41) is 8.74. The zero-order valence-corrected chi connectivity index (χ0v) is 8.74. The summed E-state index contributed by atoms with van der Waals surface area (Å²) in [6.07, 6.45) is 4.68. The summed E-state index contributed by atoms with van der Waals surface area (Å²) in [5.41, 5.74) is 0. The molecule has 0 aromatic rings. The van der Waals surface area contributed by atoms with Crippen LogP contribution in [0.5, 0.6) is 0 Å². The summed E-state index contributed by atoms with van der Waals surface area (Å²) in [5.74, 6) is 0. The number of aliphatic hydroxyl groups excluding tert-OH is 1. The Morgan fingerprint density at radius 2 is 2.36 bits per heavy atom. The second-order valence-electron chi connectivity index (χ2n) is 3.68. The fraction of sp³-hybridized carbons (Fsp3) is 0.900. The van der Waals surface area contributed by atoms with Crippen molar-refractivity contribution in [1.29, 1.82) is 0 Å². The molecule has 0 aromatic heterocycles. The van der Waals surface area contributed by atoms with Gasteiger partial charge < -0.3 is 14.7 Å². The first kappa shape index (κ1) is 11.3. The lowest BCUT2D eigenvalue weighted by molar-refractivity contribution is 0.0842. The van der Waals surface area contributed by atoms with Crippen molar-refractivity contribution in [2.45, 2.75) is 38.1 Å². The Morgan fingerprint density at radius 3 is 3.00 bits per heavy atom. The molecule has 4 heteroatoms. The third-order valence-corrected chi connectivity index (χ3v) is 2.73. The van der Waals surface area contributed by atoms with Gasteiger partial charge in [-0.05, 0) is 32.1 Å². The molecule has 14 heavy (non-hydrogen) atoms. The molecule has 0 aromatic carbocycles. The van der Waals surface area contributed by atoms with Crippen LogP contribution in [0, 0.1) is 0 Å². The number of likely N-dealkylation sites (tertiary alicyclic amines) is 1. The summed E-state index contributed by atoms with van der Waals surface area (Å²) in [7, 11) is 1.42. The van der Waals surface area contributed by atoms with Gasteiger partial charge in [-0.1, -0.05) is 0 Å². The first-order chi connectivity index (χ1) is 6.79. The van der Waals surface area contributed by atoms with E-state index >= 15 is 0 Å². The number of nitrogens with zero attached hydrogens (tertiary/aromatic N) is 1. The molecule has 1 rings (SSSR count). The normalized spacial score (nSPS) is 22.1. The zero-order chi connectivity index (χ0) is 10.4. The van der Waals surface area contributed by atoms with Crippen molar-refractivity contribution in [2.24, 2.45) is 0 Å². The third-order valence-electron chi connectivity index (χ3n) is 2.73. The van der Waals surface area contributed by atoms with Crippen molar-refractivity contribution < 1.29 is 14.6 Å². The topological polar surface area (TPSA) is 49.8 Å². The van der Waals surface area contributed by atoms with E-state index in [1.165, 1.54) is 13.5 Å². The van der Waals surface area contributed by atoms with Crippen molar-refractivity contribution in [3.8, 4) is 0 Å². The van der Waals surface area contributed by atoms with Gasteiger partial charge >= 0.3 is 6.09 Å². The molecular formula is C10H19NO3. The Kier molecular flexibility index (Phi) is 4.73. The van der Waals surface area contributed by atoms with E-state index in [4.69, 9.17) is 9.84 Å². The molecule has 0 bridgehead atoms. The molecule has 0 saturated carbocycles. The summed E-state index contributed by atoms with van der Waals surface area (Å²) in [4.78, 5) is 13.2. The molecular weight excluding hydrogens is 182 g/mol. The highest BCUT2D eigenvalue weighted by molar-refractivity contribution is 5.67. The molecule has 1 heterocycles. The minimum Gasteiger partial charge on any atom is -0.453 e. The van der Waals surface area contributed by atoms with Gasteiger partial charge in [0.1, 0.15) is 0 Å². The van der Waals surface area contributed by atoms with Gasteiger partial charge in [0.25, 0.3) is 0 Å². The first-order valence-corrected chi connectivity index (χ1v) is 5.25. The first-order valence-electron chi connectivity index (χ1n) is 5.25. The third kappa shape index (κ3) is 2.87. The number of hydrogen-bond donors (Lipinski definition) is 1. The predicted molar refractivity (Wildman–Crippen MR) is 53.1 cm³/mol. The highest BCUT2D eigenvalue weighted by Crippen LogP contribution is 2.21. The molecule has 1 atom stereocenters. The summed E-state index contributed by atoms with van der Waals surface area (Å²) >= 11 is 0. The zero-order valence-electron chi connectivity index (χ0n) is 8.74. The van der Waals surface area contributed by atoms with Gasteiger partial charge in [-0.25, -0.2) is 4.79 Å². The Hall–Kier alpha value is -0.770. The molecule has 1 saturated heterocycles. The number of piperidine rings is 1. The molecule has 1 N–H and O–H groups in total. The van der Waals surface area contributed by atoms with Gasteiger partial charge in [0.2, 0.25) is 0 Å². The Bertz CT molecular complexity index is 184. The molecule has 1 amide bonds. The Labute approximate surface area is 84.8 Å². The van der Waals surface area contributed by atoms with Gasteiger partial charge in [0.05, 0.1) is 7.11 Å². The molecule has 0 aliphatic carbocycles. The van der Waals surface area contributed by atoms with E-state index in [2.05, 4.69) is 0 Å². The number of ether oxygens (including phenoxy) is 1. The quantitative estimate of drug-likeness (QED) is 0.750. The predicted octanol–water partition coefficient (Wildman–Crippen LogP) is 1.38. The average Bonchev–Trinajstić information content (AvgIpc) is 2.25. The van der Waals surface area contributed by atoms with Crippen LogP contribution in [0.15, 0.2) is 0 Å². The lowest BCUT2D eigenvalue weighted by atomic mass is 9.99. The summed E-state index contributed by atoms with van der Waals surface area (Å²) in [6, 6.07) is 0.267. The smallest absolute Gasteiger partial charge is 0.409 e. The van der Waals surface area contributed by atoms with Crippen molar-refractivity contribution in [1.82, 2.24) is 4.90 Å². The molecule has 1 unspecified atom stereocenters. The minimum absolute atomic E-state index is 0.200.